The molecule has 0 saturated heterocycles. The lowest BCUT2D eigenvalue weighted by Gasteiger charge is -2.35. The molecule has 0 radical (unpaired) electrons. The van der Waals surface area contributed by atoms with Crippen LogP contribution in [0.3, 0.4) is 0 Å². The quantitative estimate of drug-likeness (QED) is 0.0930. The molecule has 0 aliphatic carbocycles. The minimum absolute atomic E-state index is 0.0122. The topological polar surface area (TPSA) is 114 Å². The van der Waals surface area contributed by atoms with E-state index in [1.54, 1.807) is 41.5 Å². The summed E-state index contributed by atoms with van der Waals surface area (Å²) in [6, 6.07) is 13.6. The fraction of sp³-hybridized carbons (Fsp3) is 0.579. The number of benzene rings is 2. The number of carbonyl (C=O) groups excluding carboxylic acids is 4. The van der Waals surface area contributed by atoms with E-state index in [2.05, 4.69) is 30.2 Å². The number of carbonyl (C=O) groups is 4. The van der Waals surface area contributed by atoms with E-state index in [1.807, 2.05) is 61.5 Å². The van der Waals surface area contributed by atoms with Crippen molar-refractivity contribution >= 4 is 36.5 Å². The average molecular weight is 684 g/mol. The molecule has 0 aliphatic heterocycles. The minimum atomic E-state index is -1.10. The summed E-state index contributed by atoms with van der Waals surface area (Å²) in [6.45, 7) is 14.8. The number of nitrogens with one attached hydrogen (secondary N) is 2. The second-order valence-corrected chi connectivity index (χ2v) is 14.6. The van der Waals surface area contributed by atoms with Crippen LogP contribution < -0.4 is 10.6 Å². The van der Waals surface area contributed by atoms with E-state index in [-0.39, 0.29) is 18.7 Å². The summed E-state index contributed by atoms with van der Waals surface area (Å²) in [5.74, 6) is -1.57. The predicted molar refractivity (Wildman–Crippen MR) is 194 cm³/mol. The Balaban J connectivity index is 2.57. The van der Waals surface area contributed by atoms with Crippen molar-refractivity contribution in [3.8, 4) is 0 Å². The summed E-state index contributed by atoms with van der Waals surface area (Å²) >= 11 is 4.41. The highest BCUT2D eigenvalue weighted by Gasteiger charge is 2.38. The van der Waals surface area contributed by atoms with Gasteiger partial charge in [-0.3, -0.25) is 9.59 Å². The smallest absolute Gasteiger partial charge is 0.408 e. The molecule has 9 nitrogen and oxygen atoms in total. The Labute approximate surface area is 293 Å². The summed E-state index contributed by atoms with van der Waals surface area (Å²) < 4.78 is 11.2. The summed E-state index contributed by atoms with van der Waals surface area (Å²) in [5, 5.41) is 5.62. The molecule has 0 fully saturated rings. The maximum Gasteiger partial charge on any atom is 0.408 e. The molecule has 2 aromatic carbocycles. The molecule has 0 aromatic heterocycles. The molecule has 48 heavy (non-hydrogen) atoms. The van der Waals surface area contributed by atoms with Gasteiger partial charge in [0.15, 0.2) is 0 Å². The van der Waals surface area contributed by atoms with Crippen LogP contribution in [-0.4, -0.2) is 64.4 Å². The van der Waals surface area contributed by atoms with Crippen molar-refractivity contribution in [1.29, 1.82) is 0 Å². The molecule has 0 aliphatic rings. The van der Waals surface area contributed by atoms with Crippen LogP contribution >= 0.6 is 12.6 Å². The van der Waals surface area contributed by atoms with Crippen molar-refractivity contribution in [2.24, 2.45) is 0 Å². The van der Waals surface area contributed by atoms with E-state index >= 15 is 0 Å². The molecule has 3 amide bonds. The first-order chi connectivity index (χ1) is 22.6. The fourth-order valence-corrected chi connectivity index (χ4v) is 5.52. The lowest BCUT2D eigenvalue weighted by molar-refractivity contribution is -0.159. The van der Waals surface area contributed by atoms with E-state index in [1.165, 1.54) is 4.90 Å². The molecule has 10 heteroatoms. The van der Waals surface area contributed by atoms with Gasteiger partial charge in [0.25, 0.3) is 0 Å². The van der Waals surface area contributed by atoms with Gasteiger partial charge in [-0.15, -0.1) is 0 Å². The van der Waals surface area contributed by atoms with E-state index in [0.29, 0.717) is 12.0 Å². The maximum absolute atomic E-state index is 14.6. The van der Waals surface area contributed by atoms with Crippen molar-refractivity contribution in [2.75, 3.05) is 12.3 Å². The normalized spacial score (nSPS) is 13.5. The highest BCUT2D eigenvalue weighted by molar-refractivity contribution is 7.80. The number of ether oxygens (including phenoxy) is 2. The van der Waals surface area contributed by atoms with Gasteiger partial charge >= 0.3 is 12.1 Å². The van der Waals surface area contributed by atoms with Gasteiger partial charge in [-0.2, -0.15) is 12.6 Å². The SMILES string of the molecule is CCCCCCCCN(C(=O)C(CS)NC(=O)OC(C)(C)C)C(C(=O)NC(Cc1ccccc1)C(=O)OC(C)(C)C)c1ccccc1C. The lowest BCUT2D eigenvalue weighted by Crippen LogP contribution is -2.55. The number of esters is 1. The summed E-state index contributed by atoms with van der Waals surface area (Å²) in [7, 11) is 0. The van der Waals surface area contributed by atoms with Crippen LogP contribution in [-0.2, 0) is 30.3 Å². The molecule has 0 spiro atoms. The highest BCUT2D eigenvalue weighted by atomic mass is 32.1. The van der Waals surface area contributed by atoms with Gasteiger partial charge in [0.1, 0.15) is 29.3 Å². The Hall–Kier alpha value is -3.53. The Morgan fingerprint density at radius 2 is 1.35 bits per heavy atom. The highest BCUT2D eigenvalue weighted by Crippen LogP contribution is 2.27. The van der Waals surface area contributed by atoms with Crippen molar-refractivity contribution in [1.82, 2.24) is 15.5 Å². The molecule has 0 bridgehead atoms. The van der Waals surface area contributed by atoms with Crippen molar-refractivity contribution in [3.05, 3.63) is 71.3 Å². The van der Waals surface area contributed by atoms with Crippen molar-refractivity contribution in [3.63, 3.8) is 0 Å². The monoisotopic (exact) mass is 683 g/mol. The minimum Gasteiger partial charge on any atom is -0.458 e. The number of rotatable bonds is 17. The van der Waals surface area contributed by atoms with Crippen LogP contribution in [0.4, 0.5) is 4.79 Å². The third kappa shape index (κ3) is 14.3. The first-order valence-corrected chi connectivity index (χ1v) is 17.7. The Kier molecular flexibility index (Phi) is 16.5. The second kappa shape index (κ2) is 19.5. The van der Waals surface area contributed by atoms with Gasteiger partial charge in [-0.1, -0.05) is 93.6 Å². The number of nitrogens with zero attached hydrogens (tertiary/aromatic N) is 1. The molecule has 3 unspecified atom stereocenters. The molecular weight excluding hydrogens is 627 g/mol. The summed E-state index contributed by atoms with van der Waals surface area (Å²) in [6.07, 6.45) is 5.30. The number of hydrogen-bond acceptors (Lipinski definition) is 7. The lowest BCUT2D eigenvalue weighted by atomic mass is 9.96. The zero-order valence-corrected chi connectivity index (χ0v) is 31.0. The van der Waals surface area contributed by atoms with E-state index in [0.717, 1.165) is 43.2 Å². The van der Waals surface area contributed by atoms with Gasteiger partial charge in [0.2, 0.25) is 11.8 Å². The standard InChI is InChI=1S/C38H57N3O6S/c1-9-10-11-12-13-19-24-41(34(43)31(26-48)40-36(45)47-38(6,7)8)32(29-23-18-17-20-27(29)2)33(42)39-30(35(44)46-37(3,4)5)25-28-21-15-14-16-22-28/h14-18,20-23,30-32,48H,9-13,19,24-26H2,1-8H3,(H,39,42)(H,40,45). The van der Waals surface area contributed by atoms with Crippen LogP contribution in [0.2, 0.25) is 0 Å². The third-order valence-electron chi connectivity index (χ3n) is 7.54. The van der Waals surface area contributed by atoms with Crippen molar-refractivity contribution in [2.45, 2.75) is 130 Å². The number of aryl methyl sites for hydroxylation is 1. The largest absolute Gasteiger partial charge is 0.458 e. The Morgan fingerprint density at radius 3 is 1.94 bits per heavy atom. The maximum atomic E-state index is 14.6. The van der Waals surface area contributed by atoms with Crippen LogP contribution in [0.15, 0.2) is 54.6 Å². The molecule has 0 saturated carbocycles. The Morgan fingerprint density at radius 1 is 0.771 bits per heavy atom. The van der Waals surface area contributed by atoms with Crippen molar-refractivity contribution < 1.29 is 28.7 Å². The molecule has 0 heterocycles. The fourth-order valence-electron chi connectivity index (χ4n) is 5.28. The van der Waals surface area contributed by atoms with Gasteiger partial charge < -0.3 is 25.0 Å². The first-order valence-electron chi connectivity index (χ1n) is 17.1. The number of alkyl carbamates (subject to hydrolysis) is 1. The first kappa shape index (κ1) is 40.6. The van der Waals surface area contributed by atoms with Gasteiger partial charge in [0, 0.05) is 18.7 Å². The Bertz CT molecular complexity index is 1320. The zero-order chi connectivity index (χ0) is 35.9. The molecule has 2 aromatic rings. The molecule has 3 atom stereocenters. The summed E-state index contributed by atoms with van der Waals surface area (Å²) in [5.41, 5.74) is 0.715. The van der Waals surface area contributed by atoms with E-state index < -0.39 is 53.2 Å². The third-order valence-corrected chi connectivity index (χ3v) is 7.91. The van der Waals surface area contributed by atoms with Crippen LogP contribution in [0.1, 0.15) is 110 Å². The van der Waals surface area contributed by atoms with Crippen LogP contribution in [0.5, 0.6) is 0 Å². The number of unbranched alkanes of at least 4 members (excludes halogenated alkanes) is 5. The van der Waals surface area contributed by atoms with Gasteiger partial charge in [-0.05, 0) is 71.6 Å². The summed E-state index contributed by atoms with van der Waals surface area (Å²) in [4.78, 5) is 56.8. The van der Waals surface area contributed by atoms with Crippen LogP contribution in [0.25, 0.3) is 0 Å². The number of hydrogen-bond donors (Lipinski definition) is 3. The predicted octanol–water partition coefficient (Wildman–Crippen LogP) is 7.12. The van der Waals surface area contributed by atoms with E-state index in [4.69, 9.17) is 9.47 Å². The van der Waals surface area contributed by atoms with Gasteiger partial charge in [0.05, 0.1) is 0 Å². The molecule has 2 N–H and O–H groups in total. The molecule has 2 rings (SSSR count). The second-order valence-electron chi connectivity index (χ2n) is 14.2. The number of thiol groups is 1. The molecule has 266 valence electrons. The van der Waals surface area contributed by atoms with Crippen LogP contribution in [0, 0.1) is 6.92 Å². The molecular formula is C38H57N3O6S. The zero-order valence-electron chi connectivity index (χ0n) is 30.1. The average Bonchev–Trinajstić information content (AvgIpc) is 2.99. The van der Waals surface area contributed by atoms with E-state index in [9.17, 15) is 19.2 Å². The van der Waals surface area contributed by atoms with Gasteiger partial charge in [-0.25, -0.2) is 9.59 Å². The number of amides is 3.